The van der Waals surface area contributed by atoms with Crippen molar-refractivity contribution in [3.8, 4) is 17.2 Å². The molecule has 0 aliphatic rings. The van der Waals surface area contributed by atoms with Gasteiger partial charge in [0.15, 0.2) is 0 Å². The molecular weight excluding hydrogens is 216 g/mol. The van der Waals surface area contributed by atoms with Crippen LogP contribution in [0.15, 0.2) is 42.5 Å². The summed E-state index contributed by atoms with van der Waals surface area (Å²) in [5, 5.41) is 19.1. The molecule has 2 aromatic rings. The van der Waals surface area contributed by atoms with Crippen LogP contribution in [0.1, 0.15) is 11.1 Å². The highest BCUT2D eigenvalue weighted by Gasteiger charge is 2.04. The van der Waals surface area contributed by atoms with Crippen LogP contribution in [-0.4, -0.2) is 10.2 Å². The van der Waals surface area contributed by atoms with Gasteiger partial charge >= 0.3 is 0 Å². The molecule has 0 radical (unpaired) electrons. The van der Waals surface area contributed by atoms with Crippen LogP contribution in [-0.2, 0) is 6.61 Å². The van der Waals surface area contributed by atoms with Crippen LogP contribution in [0.4, 0.5) is 0 Å². The second-order valence-corrected chi connectivity index (χ2v) is 3.87. The number of hydrogen-bond acceptors (Lipinski definition) is 3. The Kier molecular flexibility index (Phi) is 3.19. The Labute approximate surface area is 99.9 Å². The molecule has 0 aromatic heterocycles. The van der Waals surface area contributed by atoms with E-state index in [2.05, 4.69) is 0 Å². The molecule has 3 heteroatoms. The van der Waals surface area contributed by atoms with Gasteiger partial charge in [-0.3, -0.25) is 0 Å². The molecule has 0 unspecified atom stereocenters. The van der Waals surface area contributed by atoms with Crippen molar-refractivity contribution in [2.45, 2.75) is 13.5 Å². The van der Waals surface area contributed by atoms with Gasteiger partial charge in [-0.2, -0.15) is 0 Å². The lowest BCUT2D eigenvalue weighted by molar-refractivity contribution is 0.297. The number of hydrogen-bond donors (Lipinski definition) is 2. The topological polar surface area (TPSA) is 49.7 Å². The fourth-order valence-electron chi connectivity index (χ4n) is 1.57. The second-order valence-electron chi connectivity index (χ2n) is 3.87. The number of phenolic OH excluding ortho intramolecular Hbond substituents is 2. The van der Waals surface area contributed by atoms with Gasteiger partial charge in [-0.05, 0) is 24.6 Å². The molecule has 2 rings (SSSR count). The molecule has 2 aromatic carbocycles. The fraction of sp³-hybridized carbons (Fsp3) is 0.143. The smallest absolute Gasteiger partial charge is 0.125 e. The fourth-order valence-corrected chi connectivity index (χ4v) is 1.57. The third-order valence-electron chi connectivity index (χ3n) is 2.53. The van der Waals surface area contributed by atoms with Crippen molar-refractivity contribution in [2.24, 2.45) is 0 Å². The number of phenols is 2. The van der Waals surface area contributed by atoms with Crippen LogP contribution < -0.4 is 4.74 Å². The average Bonchev–Trinajstić information content (AvgIpc) is 2.31. The van der Waals surface area contributed by atoms with Crippen LogP contribution >= 0.6 is 0 Å². The predicted octanol–water partition coefficient (Wildman–Crippen LogP) is 2.99. The zero-order chi connectivity index (χ0) is 12.3. The zero-order valence-corrected chi connectivity index (χ0v) is 9.55. The highest BCUT2D eigenvalue weighted by atomic mass is 16.5. The van der Waals surface area contributed by atoms with Crippen LogP contribution in [0.3, 0.4) is 0 Å². The normalized spacial score (nSPS) is 10.2. The predicted molar refractivity (Wildman–Crippen MR) is 65.3 cm³/mol. The zero-order valence-electron chi connectivity index (χ0n) is 9.55. The third kappa shape index (κ3) is 2.69. The number of aryl methyl sites for hydroxylation is 1. The van der Waals surface area contributed by atoms with Crippen molar-refractivity contribution in [2.75, 3.05) is 0 Å². The van der Waals surface area contributed by atoms with Crippen molar-refractivity contribution in [1.29, 1.82) is 0 Å². The van der Waals surface area contributed by atoms with Gasteiger partial charge in [0.2, 0.25) is 0 Å². The lowest BCUT2D eigenvalue weighted by Crippen LogP contribution is -1.96. The van der Waals surface area contributed by atoms with Crippen molar-refractivity contribution < 1.29 is 14.9 Å². The summed E-state index contributed by atoms with van der Waals surface area (Å²) >= 11 is 0. The first-order chi connectivity index (χ1) is 8.16. The number of rotatable bonds is 3. The molecule has 0 bridgehead atoms. The molecule has 0 aliphatic heterocycles. The summed E-state index contributed by atoms with van der Waals surface area (Å²) in [6, 6.07) is 12.1. The molecular formula is C14H14O3. The lowest BCUT2D eigenvalue weighted by Gasteiger charge is -2.09. The lowest BCUT2D eigenvalue weighted by atomic mass is 10.1. The Hall–Kier alpha value is -2.16. The summed E-state index contributed by atoms with van der Waals surface area (Å²) in [6.45, 7) is 2.12. The van der Waals surface area contributed by atoms with Gasteiger partial charge in [0.05, 0.1) is 0 Å². The molecule has 0 aliphatic carbocycles. The first-order valence-electron chi connectivity index (χ1n) is 5.36. The molecule has 3 nitrogen and oxygen atoms in total. The summed E-state index contributed by atoms with van der Waals surface area (Å²) in [5.74, 6) is 0.995. The van der Waals surface area contributed by atoms with Gasteiger partial charge in [0, 0.05) is 11.6 Å². The van der Waals surface area contributed by atoms with Gasteiger partial charge in [0.1, 0.15) is 23.9 Å². The minimum Gasteiger partial charge on any atom is -0.508 e. The van der Waals surface area contributed by atoms with Crippen molar-refractivity contribution in [1.82, 2.24) is 0 Å². The molecule has 2 N–H and O–H groups in total. The van der Waals surface area contributed by atoms with Gasteiger partial charge in [-0.1, -0.05) is 24.3 Å². The summed E-state index contributed by atoms with van der Waals surface area (Å²) < 4.78 is 5.49. The molecule has 0 saturated carbocycles. The maximum Gasteiger partial charge on any atom is 0.125 e. The van der Waals surface area contributed by atoms with E-state index in [4.69, 9.17) is 4.74 Å². The molecule has 88 valence electrons. The molecule has 0 heterocycles. The van der Waals surface area contributed by atoms with Crippen LogP contribution in [0.5, 0.6) is 17.2 Å². The largest absolute Gasteiger partial charge is 0.508 e. The van der Waals surface area contributed by atoms with E-state index in [9.17, 15) is 10.2 Å². The van der Waals surface area contributed by atoms with Crippen LogP contribution in [0.2, 0.25) is 0 Å². The quantitative estimate of drug-likeness (QED) is 0.852. The Morgan fingerprint density at radius 1 is 1.06 bits per heavy atom. The molecule has 0 saturated heterocycles. The number of para-hydroxylation sites is 1. The summed E-state index contributed by atoms with van der Waals surface area (Å²) in [7, 11) is 0. The van der Waals surface area contributed by atoms with Crippen molar-refractivity contribution in [3.63, 3.8) is 0 Å². The molecule has 0 amide bonds. The molecule has 0 fully saturated rings. The van der Waals surface area contributed by atoms with Crippen molar-refractivity contribution >= 4 is 0 Å². The average molecular weight is 230 g/mol. The van der Waals surface area contributed by atoms with E-state index < -0.39 is 0 Å². The number of ether oxygens (including phenoxy) is 1. The Bertz CT molecular complexity index is 521. The van der Waals surface area contributed by atoms with Gasteiger partial charge in [0.25, 0.3) is 0 Å². The minimum atomic E-state index is 0.163. The molecule has 17 heavy (non-hydrogen) atoms. The first-order valence-corrected chi connectivity index (χ1v) is 5.36. The Balaban J connectivity index is 2.10. The standard InChI is InChI=1S/C14H14O3/c1-10-4-2-5-11(14(10)16)9-17-13-7-3-6-12(15)8-13/h2-8,15-16H,9H2,1H3. The van der Waals surface area contributed by atoms with Crippen LogP contribution in [0.25, 0.3) is 0 Å². The van der Waals surface area contributed by atoms with E-state index in [1.54, 1.807) is 18.2 Å². The summed E-state index contributed by atoms with van der Waals surface area (Å²) in [4.78, 5) is 0. The third-order valence-corrected chi connectivity index (χ3v) is 2.53. The monoisotopic (exact) mass is 230 g/mol. The van der Waals surface area contributed by atoms with E-state index in [0.29, 0.717) is 5.75 Å². The molecule has 0 spiro atoms. The van der Waals surface area contributed by atoms with Gasteiger partial charge < -0.3 is 14.9 Å². The Morgan fingerprint density at radius 3 is 2.59 bits per heavy atom. The van der Waals surface area contributed by atoms with Crippen LogP contribution in [0, 0.1) is 6.92 Å². The van der Waals surface area contributed by atoms with E-state index >= 15 is 0 Å². The van der Waals surface area contributed by atoms with E-state index in [1.807, 2.05) is 25.1 Å². The van der Waals surface area contributed by atoms with E-state index in [0.717, 1.165) is 11.1 Å². The SMILES string of the molecule is Cc1cccc(COc2cccc(O)c2)c1O. The maximum absolute atomic E-state index is 9.80. The van der Waals surface area contributed by atoms with Crippen molar-refractivity contribution in [3.05, 3.63) is 53.6 Å². The Morgan fingerprint density at radius 2 is 1.82 bits per heavy atom. The highest BCUT2D eigenvalue weighted by Crippen LogP contribution is 2.24. The highest BCUT2D eigenvalue weighted by molar-refractivity contribution is 5.39. The second kappa shape index (κ2) is 4.78. The number of benzene rings is 2. The molecule has 0 atom stereocenters. The van der Waals surface area contributed by atoms with E-state index in [1.165, 1.54) is 6.07 Å². The summed E-state index contributed by atoms with van der Waals surface area (Å²) in [5.41, 5.74) is 1.55. The minimum absolute atomic E-state index is 0.163. The van der Waals surface area contributed by atoms with Gasteiger partial charge in [-0.15, -0.1) is 0 Å². The first kappa shape index (κ1) is 11.3. The van der Waals surface area contributed by atoms with E-state index in [-0.39, 0.29) is 18.1 Å². The number of aromatic hydroxyl groups is 2. The summed E-state index contributed by atoms with van der Waals surface area (Å²) in [6.07, 6.45) is 0. The van der Waals surface area contributed by atoms with Gasteiger partial charge in [-0.25, -0.2) is 0 Å². The maximum atomic E-state index is 9.80.